The van der Waals surface area contributed by atoms with E-state index in [1.54, 1.807) is 30.3 Å². The fraction of sp³-hybridized carbons (Fsp3) is 0.348. The highest BCUT2D eigenvalue weighted by atomic mass is 19.1. The number of halogens is 1. The van der Waals surface area contributed by atoms with Crippen LogP contribution in [-0.2, 0) is 16.0 Å². The SMILES string of the molecule is O=C(CN(C(=O)Cc1ccc(C(=O)NO)cc1F)c1ccccc1)NC1CCCCC1. The fourth-order valence-electron chi connectivity index (χ4n) is 3.75. The maximum absolute atomic E-state index is 14.4. The fourth-order valence-corrected chi connectivity index (χ4v) is 3.75. The quantitative estimate of drug-likeness (QED) is 0.467. The molecule has 2 aromatic carbocycles. The molecule has 1 saturated carbocycles. The average molecular weight is 427 g/mol. The summed E-state index contributed by atoms with van der Waals surface area (Å²) in [6.45, 7) is -0.161. The molecule has 0 unspecified atom stereocenters. The number of hydrogen-bond donors (Lipinski definition) is 3. The van der Waals surface area contributed by atoms with E-state index in [9.17, 15) is 18.8 Å². The largest absolute Gasteiger partial charge is 0.352 e. The van der Waals surface area contributed by atoms with Crippen molar-refractivity contribution in [3.8, 4) is 0 Å². The summed E-state index contributed by atoms with van der Waals surface area (Å²) in [7, 11) is 0. The summed E-state index contributed by atoms with van der Waals surface area (Å²) in [6.07, 6.45) is 4.92. The first-order valence-electron chi connectivity index (χ1n) is 10.4. The summed E-state index contributed by atoms with van der Waals surface area (Å²) in [5, 5.41) is 11.7. The Balaban J connectivity index is 1.74. The van der Waals surface area contributed by atoms with Crippen molar-refractivity contribution >= 4 is 23.4 Å². The second kappa shape index (κ2) is 10.7. The number of nitrogens with zero attached hydrogens (tertiary/aromatic N) is 1. The number of hydrogen-bond acceptors (Lipinski definition) is 4. The first-order chi connectivity index (χ1) is 15.0. The van der Waals surface area contributed by atoms with Crippen LogP contribution < -0.4 is 15.7 Å². The highest BCUT2D eigenvalue weighted by molar-refractivity contribution is 6.00. The van der Waals surface area contributed by atoms with Crippen LogP contribution in [0.15, 0.2) is 48.5 Å². The lowest BCUT2D eigenvalue weighted by atomic mass is 9.95. The van der Waals surface area contributed by atoms with Crippen LogP contribution in [0.2, 0.25) is 0 Å². The smallest absolute Gasteiger partial charge is 0.274 e. The number of hydroxylamine groups is 1. The summed E-state index contributed by atoms with van der Waals surface area (Å²) in [5.74, 6) is -2.28. The average Bonchev–Trinajstić information content (AvgIpc) is 2.79. The predicted molar refractivity (Wildman–Crippen MR) is 113 cm³/mol. The van der Waals surface area contributed by atoms with Crippen molar-refractivity contribution in [3.05, 3.63) is 65.5 Å². The number of carbonyl (C=O) groups is 3. The highest BCUT2D eigenvalue weighted by Gasteiger charge is 2.23. The van der Waals surface area contributed by atoms with Gasteiger partial charge in [0, 0.05) is 17.3 Å². The molecule has 8 heteroatoms. The normalized spacial score (nSPS) is 14.0. The van der Waals surface area contributed by atoms with Crippen molar-refractivity contribution < 1.29 is 24.0 Å². The second-order valence-corrected chi connectivity index (χ2v) is 7.64. The van der Waals surface area contributed by atoms with Gasteiger partial charge in [0.15, 0.2) is 0 Å². The van der Waals surface area contributed by atoms with Gasteiger partial charge in [-0.1, -0.05) is 43.5 Å². The Labute approximate surface area is 180 Å². The van der Waals surface area contributed by atoms with Crippen LogP contribution in [-0.4, -0.2) is 35.5 Å². The minimum atomic E-state index is -0.845. The number of carbonyl (C=O) groups excluding carboxylic acids is 3. The van der Waals surface area contributed by atoms with Crippen LogP contribution in [0.5, 0.6) is 0 Å². The minimum absolute atomic E-state index is 0.0667. The zero-order valence-electron chi connectivity index (χ0n) is 17.1. The molecular weight excluding hydrogens is 401 g/mol. The van der Waals surface area contributed by atoms with E-state index in [0.29, 0.717) is 5.69 Å². The number of rotatable bonds is 7. The van der Waals surface area contributed by atoms with E-state index in [1.807, 2.05) is 0 Å². The van der Waals surface area contributed by atoms with Crippen molar-refractivity contribution in [3.63, 3.8) is 0 Å². The van der Waals surface area contributed by atoms with Crippen molar-refractivity contribution in [2.75, 3.05) is 11.4 Å². The second-order valence-electron chi connectivity index (χ2n) is 7.64. The molecule has 3 rings (SSSR count). The van der Waals surface area contributed by atoms with Crippen molar-refractivity contribution in [1.29, 1.82) is 0 Å². The molecule has 0 aliphatic heterocycles. The Morgan fingerprint density at radius 3 is 2.39 bits per heavy atom. The predicted octanol–water partition coefficient (Wildman–Crippen LogP) is 2.97. The Morgan fingerprint density at radius 2 is 1.74 bits per heavy atom. The summed E-state index contributed by atoms with van der Waals surface area (Å²) < 4.78 is 14.4. The topological polar surface area (TPSA) is 98.7 Å². The van der Waals surface area contributed by atoms with Gasteiger partial charge in [-0.15, -0.1) is 0 Å². The minimum Gasteiger partial charge on any atom is -0.352 e. The zero-order chi connectivity index (χ0) is 22.2. The molecule has 164 valence electrons. The van der Waals surface area contributed by atoms with Gasteiger partial charge < -0.3 is 10.2 Å². The van der Waals surface area contributed by atoms with Crippen LogP contribution in [0.4, 0.5) is 10.1 Å². The molecule has 2 aromatic rings. The van der Waals surface area contributed by atoms with Gasteiger partial charge in [0.05, 0.1) is 6.42 Å². The third kappa shape index (κ3) is 6.11. The van der Waals surface area contributed by atoms with Crippen LogP contribution in [0, 0.1) is 5.82 Å². The summed E-state index contributed by atoms with van der Waals surface area (Å²) in [6, 6.07) is 12.5. The Hall–Kier alpha value is -3.26. The third-order valence-electron chi connectivity index (χ3n) is 5.40. The molecule has 0 radical (unpaired) electrons. The third-order valence-corrected chi connectivity index (χ3v) is 5.40. The molecule has 7 nitrogen and oxygen atoms in total. The van der Waals surface area contributed by atoms with Gasteiger partial charge in [0.2, 0.25) is 11.8 Å². The molecular formula is C23H26FN3O4. The van der Waals surface area contributed by atoms with Gasteiger partial charge in [-0.05, 0) is 42.7 Å². The van der Waals surface area contributed by atoms with E-state index < -0.39 is 17.6 Å². The van der Waals surface area contributed by atoms with Gasteiger partial charge >= 0.3 is 0 Å². The molecule has 1 aliphatic carbocycles. The summed E-state index contributed by atoms with van der Waals surface area (Å²) in [4.78, 5) is 38.4. The molecule has 3 amide bonds. The molecule has 3 N–H and O–H groups in total. The van der Waals surface area contributed by atoms with Gasteiger partial charge in [-0.2, -0.15) is 0 Å². The molecule has 0 spiro atoms. The zero-order valence-corrected chi connectivity index (χ0v) is 17.1. The van der Waals surface area contributed by atoms with Crippen molar-refractivity contribution in [2.45, 2.75) is 44.6 Å². The van der Waals surface area contributed by atoms with Gasteiger partial charge in [-0.25, -0.2) is 9.87 Å². The van der Waals surface area contributed by atoms with Crippen LogP contribution >= 0.6 is 0 Å². The van der Waals surface area contributed by atoms with Crippen LogP contribution in [0.3, 0.4) is 0 Å². The maximum atomic E-state index is 14.4. The number of para-hydroxylation sites is 1. The van der Waals surface area contributed by atoms with E-state index in [4.69, 9.17) is 5.21 Å². The molecule has 1 aliphatic rings. The van der Waals surface area contributed by atoms with Gasteiger partial charge in [0.1, 0.15) is 12.4 Å². The number of nitrogens with one attached hydrogen (secondary N) is 2. The van der Waals surface area contributed by atoms with E-state index in [2.05, 4.69) is 5.32 Å². The maximum Gasteiger partial charge on any atom is 0.274 e. The first-order valence-corrected chi connectivity index (χ1v) is 10.4. The lowest BCUT2D eigenvalue weighted by Crippen LogP contribution is -2.45. The first kappa shape index (κ1) is 22.4. The van der Waals surface area contributed by atoms with E-state index in [0.717, 1.165) is 31.7 Å². The number of amides is 3. The molecule has 0 heterocycles. The van der Waals surface area contributed by atoms with Gasteiger partial charge in [0.25, 0.3) is 5.91 Å². The van der Waals surface area contributed by atoms with E-state index >= 15 is 0 Å². The highest BCUT2D eigenvalue weighted by Crippen LogP contribution is 2.19. The summed E-state index contributed by atoms with van der Waals surface area (Å²) >= 11 is 0. The number of benzene rings is 2. The van der Waals surface area contributed by atoms with Crippen molar-refractivity contribution in [2.24, 2.45) is 0 Å². The van der Waals surface area contributed by atoms with Crippen LogP contribution in [0.1, 0.15) is 48.0 Å². The van der Waals surface area contributed by atoms with E-state index in [1.165, 1.54) is 28.9 Å². The van der Waals surface area contributed by atoms with E-state index in [-0.39, 0.29) is 36.0 Å². The van der Waals surface area contributed by atoms with Crippen LogP contribution in [0.25, 0.3) is 0 Å². The molecule has 1 fully saturated rings. The lowest BCUT2D eigenvalue weighted by molar-refractivity contribution is -0.124. The molecule has 0 bridgehead atoms. The number of anilines is 1. The standard InChI is InChI=1S/C23H26FN3O4/c24-20-13-17(23(30)26-31)12-11-16(20)14-22(29)27(19-9-5-2-6-10-19)15-21(28)25-18-7-3-1-4-8-18/h2,5-6,9-13,18,31H,1,3-4,7-8,14-15H2,(H,25,28)(H,26,30). The Kier molecular flexibility index (Phi) is 7.72. The lowest BCUT2D eigenvalue weighted by Gasteiger charge is -2.26. The Morgan fingerprint density at radius 1 is 1.03 bits per heavy atom. The van der Waals surface area contributed by atoms with Crippen molar-refractivity contribution in [1.82, 2.24) is 10.8 Å². The van der Waals surface area contributed by atoms with Gasteiger partial charge in [-0.3, -0.25) is 19.6 Å². The monoisotopic (exact) mass is 427 g/mol. The molecule has 0 atom stereocenters. The molecule has 31 heavy (non-hydrogen) atoms. The molecule has 0 aromatic heterocycles. The Bertz CT molecular complexity index is 930. The summed E-state index contributed by atoms with van der Waals surface area (Å²) in [5.41, 5.74) is 2.01. The molecule has 0 saturated heterocycles.